The van der Waals surface area contributed by atoms with Crippen LogP contribution < -0.4 is 5.32 Å². The fourth-order valence-corrected chi connectivity index (χ4v) is 2.76. The van der Waals surface area contributed by atoms with Crippen LogP contribution in [-0.4, -0.2) is 12.3 Å². The number of nitrogens with one attached hydrogen (secondary N) is 1. The van der Waals surface area contributed by atoms with Gasteiger partial charge >= 0.3 is 0 Å². The van der Waals surface area contributed by atoms with Crippen LogP contribution in [0.25, 0.3) is 0 Å². The Labute approximate surface area is 96.7 Å². The maximum atomic E-state index is 3.58. The highest BCUT2D eigenvalue weighted by atomic mass is 32.2. The van der Waals surface area contributed by atoms with Crippen molar-refractivity contribution >= 4 is 11.8 Å². The summed E-state index contributed by atoms with van der Waals surface area (Å²) in [5.74, 6) is 1.15. The van der Waals surface area contributed by atoms with E-state index in [0.29, 0.717) is 6.04 Å². The van der Waals surface area contributed by atoms with E-state index in [2.05, 4.69) is 36.5 Å². The average Bonchev–Trinajstić information content (AvgIpc) is 2.32. The smallest absolute Gasteiger partial charge is 0.0320 e. The maximum absolute atomic E-state index is 3.58. The SMILES string of the molecule is CCSc1ccc([C@H]2CCCCN2)cc1. The zero-order chi connectivity index (χ0) is 10.5. The minimum atomic E-state index is 0.597. The predicted octanol–water partition coefficient (Wildman–Crippen LogP) is 3.61. The fraction of sp³-hybridized carbons (Fsp3) is 0.538. The zero-order valence-electron chi connectivity index (χ0n) is 9.33. The van der Waals surface area contributed by atoms with E-state index in [-0.39, 0.29) is 0 Å². The van der Waals surface area contributed by atoms with Gasteiger partial charge in [-0.05, 0) is 42.8 Å². The van der Waals surface area contributed by atoms with Crippen molar-refractivity contribution in [2.75, 3.05) is 12.3 Å². The van der Waals surface area contributed by atoms with Crippen LogP contribution in [0.2, 0.25) is 0 Å². The predicted molar refractivity (Wildman–Crippen MR) is 67.4 cm³/mol. The molecule has 0 amide bonds. The van der Waals surface area contributed by atoms with Crippen molar-refractivity contribution in [2.45, 2.75) is 37.1 Å². The number of rotatable bonds is 3. The minimum Gasteiger partial charge on any atom is -0.310 e. The molecular weight excluding hydrogens is 202 g/mol. The molecule has 2 heteroatoms. The average molecular weight is 221 g/mol. The van der Waals surface area contributed by atoms with E-state index in [0.717, 1.165) is 5.75 Å². The second-order valence-corrected chi connectivity index (χ2v) is 5.34. The van der Waals surface area contributed by atoms with Crippen LogP contribution in [0.1, 0.15) is 37.8 Å². The molecule has 0 radical (unpaired) electrons. The fourth-order valence-electron chi connectivity index (χ4n) is 2.10. The first-order chi connectivity index (χ1) is 7.40. The van der Waals surface area contributed by atoms with Crippen LogP contribution in [0.3, 0.4) is 0 Å². The standard InChI is InChI=1S/C13H19NS/c1-2-15-12-8-6-11(7-9-12)13-5-3-4-10-14-13/h6-9,13-14H,2-5,10H2,1H3/t13-/m1/s1. The first-order valence-corrected chi connectivity index (χ1v) is 6.85. The first kappa shape index (κ1) is 11.0. The molecule has 1 aromatic rings. The van der Waals surface area contributed by atoms with E-state index in [9.17, 15) is 0 Å². The number of hydrogen-bond acceptors (Lipinski definition) is 2. The van der Waals surface area contributed by atoms with Crippen molar-refractivity contribution in [3.05, 3.63) is 29.8 Å². The van der Waals surface area contributed by atoms with Gasteiger partial charge in [-0.15, -0.1) is 11.8 Å². The van der Waals surface area contributed by atoms with E-state index in [1.165, 1.54) is 36.3 Å². The van der Waals surface area contributed by atoms with Gasteiger partial charge in [0.05, 0.1) is 0 Å². The van der Waals surface area contributed by atoms with Crippen molar-refractivity contribution in [1.29, 1.82) is 0 Å². The van der Waals surface area contributed by atoms with Crippen LogP contribution in [0.4, 0.5) is 0 Å². The molecule has 2 rings (SSSR count). The van der Waals surface area contributed by atoms with E-state index in [1.54, 1.807) is 0 Å². The van der Waals surface area contributed by atoms with Gasteiger partial charge in [-0.3, -0.25) is 0 Å². The van der Waals surface area contributed by atoms with Gasteiger partial charge in [-0.25, -0.2) is 0 Å². The van der Waals surface area contributed by atoms with Crippen LogP contribution in [0.15, 0.2) is 29.2 Å². The molecular formula is C13H19NS. The number of piperidine rings is 1. The maximum Gasteiger partial charge on any atom is 0.0320 e. The number of benzene rings is 1. The topological polar surface area (TPSA) is 12.0 Å². The summed E-state index contributed by atoms with van der Waals surface area (Å²) < 4.78 is 0. The van der Waals surface area contributed by atoms with Crippen LogP contribution in [-0.2, 0) is 0 Å². The highest BCUT2D eigenvalue weighted by Gasteiger charge is 2.13. The minimum absolute atomic E-state index is 0.597. The van der Waals surface area contributed by atoms with Crippen molar-refractivity contribution < 1.29 is 0 Å². The lowest BCUT2D eigenvalue weighted by Gasteiger charge is -2.23. The number of thioether (sulfide) groups is 1. The van der Waals surface area contributed by atoms with Crippen molar-refractivity contribution in [1.82, 2.24) is 5.32 Å². The Morgan fingerprint density at radius 2 is 2.07 bits per heavy atom. The summed E-state index contributed by atoms with van der Waals surface area (Å²) in [5, 5.41) is 3.58. The molecule has 0 saturated carbocycles. The molecule has 0 aliphatic carbocycles. The molecule has 1 atom stereocenters. The summed E-state index contributed by atoms with van der Waals surface area (Å²) in [4.78, 5) is 1.39. The van der Waals surface area contributed by atoms with Crippen LogP contribution in [0.5, 0.6) is 0 Å². The van der Waals surface area contributed by atoms with Gasteiger partial charge in [0.1, 0.15) is 0 Å². The van der Waals surface area contributed by atoms with Crippen molar-refractivity contribution in [2.24, 2.45) is 0 Å². The highest BCUT2D eigenvalue weighted by molar-refractivity contribution is 7.99. The number of hydrogen-bond donors (Lipinski definition) is 1. The Morgan fingerprint density at radius 1 is 1.27 bits per heavy atom. The van der Waals surface area contributed by atoms with E-state index in [1.807, 2.05) is 11.8 Å². The van der Waals surface area contributed by atoms with Crippen molar-refractivity contribution in [3.8, 4) is 0 Å². The molecule has 1 fully saturated rings. The molecule has 82 valence electrons. The monoisotopic (exact) mass is 221 g/mol. The molecule has 1 aromatic carbocycles. The summed E-state index contributed by atoms with van der Waals surface area (Å²) in [6, 6.07) is 9.65. The molecule has 1 nitrogen and oxygen atoms in total. The lowest BCUT2D eigenvalue weighted by Crippen LogP contribution is -2.26. The molecule has 1 heterocycles. The molecule has 15 heavy (non-hydrogen) atoms. The zero-order valence-corrected chi connectivity index (χ0v) is 10.1. The van der Waals surface area contributed by atoms with E-state index in [4.69, 9.17) is 0 Å². The van der Waals surface area contributed by atoms with Gasteiger partial charge in [0.15, 0.2) is 0 Å². The molecule has 1 saturated heterocycles. The van der Waals surface area contributed by atoms with Crippen molar-refractivity contribution in [3.63, 3.8) is 0 Å². The largest absolute Gasteiger partial charge is 0.310 e. The van der Waals surface area contributed by atoms with Crippen LogP contribution >= 0.6 is 11.8 Å². The van der Waals surface area contributed by atoms with Gasteiger partial charge < -0.3 is 5.32 Å². The second kappa shape index (κ2) is 5.57. The van der Waals surface area contributed by atoms with Gasteiger partial charge in [0, 0.05) is 10.9 Å². The lowest BCUT2D eigenvalue weighted by molar-refractivity contribution is 0.412. The van der Waals surface area contributed by atoms with Gasteiger partial charge in [-0.1, -0.05) is 25.5 Å². The molecule has 0 unspecified atom stereocenters. The van der Waals surface area contributed by atoms with Gasteiger partial charge in [0.25, 0.3) is 0 Å². The van der Waals surface area contributed by atoms with E-state index >= 15 is 0 Å². The molecule has 1 aliphatic heterocycles. The molecule has 1 N–H and O–H groups in total. The Balaban J connectivity index is 2.02. The Kier molecular flexibility index (Phi) is 4.09. The Morgan fingerprint density at radius 3 is 2.67 bits per heavy atom. The third-order valence-corrected chi connectivity index (χ3v) is 3.80. The second-order valence-electron chi connectivity index (χ2n) is 4.00. The normalized spacial score (nSPS) is 21.5. The molecule has 0 aromatic heterocycles. The van der Waals surface area contributed by atoms with Gasteiger partial charge in [-0.2, -0.15) is 0 Å². The summed E-state index contributed by atoms with van der Waals surface area (Å²) in [7, 11) is 0. The van der Waals surface area contributed by atoms with Crippen LogP contribution in [0, 0.1) is 0 Å². The molecule has 1 aliphatic rings. The summed E-state index contributed by atoms with van der Waals surface area (Å²) in [6.45, 7) is 3.37. The highest BCUT2D eigenvalue weighted by Crippen LogP contribution is 2.25. The quantitative estimate of drug-likeness (QED) is 0.782. The van der Waals surface area contributed by atoms with Gasteiger partial charge in [0.2, 0.25) is 0 Å². The third-order valence-electron chi connectivity index (χ3n) is 2.90. The Bertz CT molecular complexity index is 288. The first-order valence-electron chi connectivity index (χ1n) is 5.86. The summed E-state index contributed by atoms with van der Waals surface area (Å²) in [5.41, 5.74) is 1.45. The lowest BCUT2D eigenvalue weighted by atomic mass is 9.98. The van der Waals surface area contributed by atoms with E-state index < -0.39 is 0 Å². The third kappa shape index (κ3) is 2.99. The molecule has 0 bridgehead atoms. The summed E-state index contributed by atoms with van der Waals surface area (Å²) in [6.07, 6.45) is 3.99. The summed E-state index contributed by atoms with van der Waals surface area (Å²) >= 11 is 1.91. The Hall–Kier alpha value is -0.470. The molecule has 0 spiro atoms.